The molecular weight excluding hydrogens is 250 g/mol. The highest BCUT2D eigenvalue weighted by Gasteiger charge is 2.23. The van der Waals surface area contributed by atoms with E-state index >= 15 is 0 Å². The maximum atomic E-state index is 11.8. The second-order valence-corrected chi connectivity index (χ2v) is 4.26. The highest BCUT2D eigenvalue weighted by atomic mass is 16.4. The summed E-state index contributed by atoms with van der Waals surface area (Å²) in [5.41, 5.74) is 2.22. The topological polar surface area (TPSA) is 104 Å². The van der Waals surface area contributed by atoms with Crippen LogP contribution in [-0.4, -0.2) is 34.1 Å². The van der Waals surface area contributed by atoms with Gasteiger partial charge < -0.3 is 15.5 Å². The van der Waals surface area contributed by atoms with Gasteiger partial charge in [-0.2, -0.15) is 0 Å². The van der Waals surface area contributed by atoms with Crippen molar-refractivity contribution in [2.24, 2.45) is 0 Å². The average Bonchev–Trinajstić information content (AvgIpc) is 2.31. The van der Waals surface area contributed by atoms with Gasteiger partial charge in [-0.15, -0.1) is 0 Å². The SMILES string of the molecule is Cc1ccc(C(=O)NC(CC(=O)O)C(=O)O)cc1C. The molecule has 102 valence electrons. The van der Waals surface area contributed by atoms with E-state index in [2.05, 4.69) is 5.32 Å². The minimum atomic E-state index is -1.44. The largest absolute Gasteiger partial charge is 0.481 e. The van der Waals surface area contributed by atoms with Crippen molar-refractivity contribution < 1.29 is 24.6 Å². The Morgan fingerprint density at radius 1 is 1.16 bits per heavy atom. The Kier molecular flexibility index (Phi) is 4.63. The van der Waals surface area contributed by atoms with Gasteiger partial charge in [0.1, 0.15) is 6.04 Å². The van der Waals surface area contributed by atoms with Crippen molar-refractivity contribution in [3.05, 3.63) is 34.9 Å². The number of nitrogens with one attached hydrogen (secondary N) is 1. The fourth-order valence-corrected chi connectivity index (χ4v) is 1.50. The fourth-order valence-electron chi connectivity index (χ4n) is 1.50. The summed E-state index contributed by atoms with van der Waals surface area (Å²) in [5.74, 6) is -3.26. The number of aryl methyl sites for hydroxylation is 2. The number of carbonyl (C=O) groups is 3. The molecule has 0 spiro atoms. The van der Waals surface area contributed by atoms with Gasteiger partial charge in [-0.1, -0.05) is 6.07 Å². The van der Waals surface area contributed by atoms with Gasteiger partial charge in [-0.25, -0.2) is 4.79 Å². The molecule has 6 heteroatoms. The molecule has 1 unspecified atom stereocenters. The lowest BCUT2D eigenvalue weighted by atomic mass is 10.1. The van der Waals surface area contributed by atoms with E-state index in [4.69, 9.17) is 10.2 Å². The molecule has 0 aliphatic heterocycles. The summed E-state index contributed by atoms with van der Waals surface area (Å²) in [6.07, 6.45) is -0.661. The molecule has 0 heterocycles. The Balaban J connectivity index is 2.84. The number of carbonyl (C=O) groups excluding carboxylic acids is 1. The standard InChI is InChI=1S/C13H15NO5/c1-7-3-4-9(5-8(7)2)12(17)14-10(13(18)19)6-11(15)16/h3-5,10H,6H2,1-2H3,(H,14,17)(H,15,16)(H,18,19). The van der Waals surface area contributed by atoms with Crippen molar-refractivity contribution in [2.75, 3.05) is 0 Å². The molecule has 1 rings (SSSR count). The van der Waals surface area contributed by atoms with Crippen molar-refractivity contribution >= 4 is 17.8 Å². The highest BCUT2D eigenvalue weighted by molar-refractivity contribution is 5.97. The van der Waals surface area contributed by atoms with E-state index < -0.39 is 30.3 Å². The van der Waals surface area contributed by atoms with Gasteiger partial charge >= 0.3 is 11.9 Å². The Morgan fingerprint density at radius 3 is 2.26 bits per heavy atom. The van der Waals surface area contributed by atoms with Crippen LogP contribution in [0, 0.1) is 13.8 Å². The maximum Gasteiger partial charge on any atom is 0.326 e. The van der Waals surface area contributed by atoms with Gasteiger partial charge in [-0.05, 0) is 37.1 Å². The van der Waals surface area contributed by atoms with Gasteiger partial charge in [0.25, 0.3) is 5.91 Å². The van der Waals surface area contributed by atoms with E-state index in [-0.39, 0.29) is 0 Å². The summed E-state index contributed by atoms with van der Waals surface area (Å²) >= 11 is 0. The zero-order valence-corrected chi connectivity index (χ0v) is 10.6. The van der Waals surface area contributed by atoms with E-state index in [0.29, 0.717) is 5.56 Å². The first kappa shape index (κ1) is 14.7. The van der Waals surface area contributed by atoms with Crippen molar-refractivity contribution in [3.8, 4) is 0 Å². The Hall–Kier alpha value is -2.37. The molecule has 1 amide bonds. The van der Waals surface area contributed by atoms with Crippen LogP contribution in [0.5, 0.6) is 0 Å². The van der Waals surface area contributed by atoms with E-state index in [1.807, 2.05) is 13.8 Å². The monoisotopic (exact) mass is 265 g/mol. The smallest absolute Gasteiger partial charge is 0.326 e. The number of rotatable bonds is 5. The van der Waals surface area contributed by atoms with E-state index in [0.717, 1.165) is 11.1 Å². The summed E-state index contributed by atoms with van der Waals surface area (Å²) in [6, 6.07) is 3.51. The van der Waals surface area contributed by atoms with Crippen LogP contribution < -0.4 is 5.32 Å². The van der Waals surface area contributed by atoms with E-state index in [9.17, 15) is 14.4 Å². The van der Waals surface area contributed by atoms with Crippen LogP contribution >= 0.6 is 0 Å². The molecule has 0 radical (unpaired) electrons. The molecule has 19 heavy (non-hydrogen) atoms. The molecule has 6 nitrogen and oxygen atoms in total. The first-order valence-electron chi connectivity index (χ1n) is 5.64. The average molecular weight is 265 g/mol. The number of hydrogen-bond donors (Lipinski definition) is 3. The Bertz CT molecular complexity index is 524. The zero-order valence-electron chi connectivity index (χ0n) is 10.6. The second kappa shape index (κ2) is 5.99. The molecular formula is C13H15NO5. The molecule has 0 bridgehead atoms. The van der Waals surface area contributed by atoms with Crippen molar-refractivity contribution in [2.45, 2.75) is 26.3 Å². The lowest BCUT2D eigenvalue weighted by Gasteiger charge is -2.13. The molecule has 0 saturated heterocycles. The first-order chi connectivity index (χ1) is 8.81. The Morgan fingerprint density at radius 2 is 1.79 bits per heavy atom. The third kappa shape index (κ3) is 4.09. The number of carboxylic acid groups (broad SMARTS) is 2. The molecule has 1 aromatic rings. The molecule has 0 aromatic heterocycles. The summed E-state index contributed by atoms with van der Waals surface area (Å²) in [5, 5.41) is 19.6. The molecule has 0 aliphatic rings. The van der Waals surface area contributed by atoms with Gasteiger partial charge in [0.15, 0.2) is 0 Å². The number of carboxylic acids is 2. The third-order valence-electron chi connectivity index (χ3n) is 2.75. The van der Waals surface area contributed by atoms with Gasteiger partial charge in [-0.3, -0.25) is 9.59 Å². The van der Waals surface area contributed by atoms with Crippen LogP contribution in [0.25, 0.3) is 0 Å². The van der Waals surface area contributed by atoms with Crippen LogP contribution in [0.3, 0.4) is 0 Å². The van der Waals surface area contributed by atoms with Crippen LogP contribution in [0.1, 0.15) is 27.9 Å². The summed E-state index contributed by atoms with van der Waals surface area (Å²) in [6.45, 7) is 3.72. The first-order valence-corrected chi connectivity index (χ1v) is 5.64. The van der Waals surface area contributed by atoms with Gasteiger partial charge in [0.2, 0.25) is 0 Å². The zero-order chi connectivity index (χ0) is 14.6. The fraction of sp³-hybridized carbons (Fsp3) is 0.308. The lowest BCUT2D eigenvalue weighted by molar-refractivity contribution is -0.145. The summed E-state index contributed by atoms with van der Waals surface area (Å²) in [7, 11) is 0. The maximum absolute atomic E-state index is 11.8. The van der Waals surface area contributed by atoms with Gasteiger partial charge in [0.05, 0.1) is 6.42 Å². The predicted octanol–water partition coefficient (Wildman–Crippen LogP) is 0.961. The summed E-state index contributed by atoms with van der Waals surface area (Å²) < 4.78 is 0. The number of hydrogen-bond acceptors (Lipinski definition) is 3. The van der Waals surface area contributed by atoms with Crippen molar-refractivity contribution in [3.63, 3.8) is 0 Å². The van der Waals surface area contributed by atoms with Gasteiger partial charge in [0, 0.05) is 5.56 Å². The third-order valence-corrected chi connectivity index (χ3v) is 2.75. The van der Waals surface area contributed by atoms with Crippen LogP contribution in [-0.2, 0) is 9.59 Å². The van der Waals surface area contributed by atoms with Crippen molar-refractivity contribution in [1.82, 2.24) is 5.32 Å². The number of aliphatic carboxylic acids is 2. The predicted molar refractivity (Wildman–Crippen MR) is 67.1 cm³/mol. The summed E-state index contributed by atoms with van der Waals surface area (Å²) in [4.78, 5) is 33.2. The molecule has 0 fully saturated rings. The minimum absolute atomic E-state index is 0.305. The molecule has 0 aliphatic carbocycles. The van der Waals surface area contributed by atoms with Crippen LogP contribution in [0.2, 0.25) is 0 Å². The number of benzene rings is 1. The molecule has 1 aromatic carbocycles. The number of amides is 1. The second-order valence-electron chi connectivity index (χ2n) is 4.26. The molecule has 1 atom stereocenters. The van der Waals surface area contributed by atoms with Crippen LogP contribution in [0.4, 0.5) is 0 Å². The molecule has 3 N–H and O–H groups in total. The highest BCUT2D eigenvalue weighted by Crippen LogP contribution is 2.10. The quantitative estimate of drug-likeness (QED) is 0.735. The molecule has 0 saturated carbocycles. The van der Waals surface area contributed by atoms with Crippen molar-refractivity contribution in [1.29, 1.82) is 0 Å². The van der Waals surface area contributed by atoms with E-state index in [1.165, 1.54) is 0 Å². The lowest BCUT2D eigenvalue weighted by Crippen LogP contribution is -2.42. The minimum Gasteiger partial charge on any atom is -0.481 e. The Labute approximate surface area is 110 Å². The van der Waals surface area contributed by atoms with Crippen LogP contribution in [0.15, 0.2) is 18.2 Å². The normalized spacial score (nSPS) is 11.7. The van der Waals surface area contributed by atoms with E-state index in [1.54, 1.807) is 18.2 Å².